The summed E-state index contributed by atoms with van der Waals surface area (Å²) < 4.78 is 2.12. The number of nitrogens with zero attached hydrogens (tertiary/aromatic N) is 3. The predicted molar refractivity (Wildman–Crippen MR) is 92.4 cm³/mol. The molecule has 0 bridgehead atoms. The number of rotatable bonds is 3. The van der Waals surface area contributed by atoms with Gasteiger partial charge in [0.1, 0.15) is 5.52 Å². The number of aromatic nitrogens is 3. The third kappa shape index (κ3) is 2.96. The Kier molecular flexibility index (Phi) is 3.90. The molecule has 2 heterocycles. The first kappa shape index (κ1) is 16.0. The zero-order valence-corrected chi connectivity index (χ0v) is 14.7. The molecule has 5 heteroatoms. The lowest BCUT2D eigenvalue weighted by Crippen LogP contribution is -2.32. The molecule has 1 atom stereocenters. The van der Waals surface area contributed by atoms with Gasteiger partial charge in [-0.25, -0.2) is 9.97 Å². The van der Waals surface area contributed by atoms with Crippen LogP contribution in [0.25, 0.3) is 11.2 Å². The summed E-state index contributed by atoms with van der Waals surface area (Å²) in [5.74, 6) is 0.570. The molecule has 0 spiro atoms. The monoisotopic (exact) mass is 314 g/mol. The summed E-state index contributed by atoms with van der Waals surface area (Å²) in [6, 6.07) is 4.34. The summed E-state index contributed by atoms with van der Waals surface area (Å²) in [6.45, 7) is 10.2. The average molecular weight is 314 g/mol. The average Bonchev–Trinajstić information content (AvgIpc) is 2.73. The second-order valence-corrected chi connectivity index (χ2v) is 7.76. The molecule has 5 nitrogen and oxygen atoms in total. The number of carbonyl (C=O) groups is 1. The van der Waals surface area contributed by atoms with Gasteiger partial charge in [0.05, 0.1) is 0 Å². The fraction of sp³-hybridized carbons (Fsp3) is 0.611. The summed E-state index contributed by atoms with van der Waals surface area (Å²) in [7, 11) is 0. The Balaban J connectivity index is 1.98. The van der Waals surface area contributed by atoms with E-state index in [-0.39, 0.29) is 17.2 Å². The summed E-state index contributed by atoms with van der Waals surface area (Å²) in [4.78, 5) is 21.9. The van der Waals surface area contributed by atoms with Crippen LogP contribution in [-0.4, -0.2) is 20.4 Å². The molecule has 124 valence electrons. The first-order chi connectivity index (χ1) is 10.8. The number of nitrogens with one attached hydrogen (secondary N) is 1. The summed E-state index contributed by atoms with van der Waals surface area (Å²) in [5.41, 5.74) is 2.63. The molecule has 3 rings (SSSR count). The fourth-order valence-corrected chi connectivity index (χ4v) is 2.76. The highest BCUT2D eigenvalue weighted by atomic mass is 16.2. The number of pyridine rings is 1. The largest absolute Gasteiger partial charge is 0.296 e. The molecule has 23 heavy (non-hydrogen) atoms. The number of aryl methyl sites for hydroxylation is 1. The normalized spacial score (nSPS) is 17.1. The molecule has 0 saturated heterocycles. The summed E-state index contributed by atoms with van der Waals surface area (Å²) in [5, 5.41) is 3.05. The Labute approximate surface area is 137 Å². The maximum Gasteiger partial charge on any atom is 0.230 e. The Morgan fingerprint density at radius 1 is 1.30 bits per heavy atom. The van der Waals surface area contributed by atoms with Crippen molar-refractivity contribution in [2.24, 2.45) is 11.3 Å². The van der Waals surface area contributed by atoms with Crippen molar-refractivity contribution in [1.29, 1.82) is 0 Å². The van der Waals surface area contributed by atoms with Crippen LogP contribution in [0, 0.1) is 18.3 Å². The Morgan fingerprint density at radius 3 is 2.57 bits per heavy atom. The lowest BCUT2D eigenvalue weighted by Gasteiger charge is -2.30. The second-order valence-electron chi connectivity index (χ2n) is 7.76. The molecule has 1 aliphatic rings. The van der Waals surface area contributed by atoms with Crippen molar-refractivity contribution in [2.45, 2.75) is 59.9 Å². The van der Waals surface area contributed by atoms with Gasteiger partial charge in [0.15, 0.2) is 5.65 Å². The number of hydrogen-bond donors (Lipinski definition) is 1. The lowest BCUT2D eigenvalue weighted by molar-refractivity contribution is -0.122. The molecule has 2 aromatic heterocycles. The van der Waals surface area contributed by atoms with E-state index in [4.69, 9.17) is 0 Å². The zero-order chi connectivity index (χ0) is 16.8. The quantitative estimate of drug-likeness (QED) is 0.928. The Hall–Kier alpha value is -1.91. The molecule has 1 saturated carbocycles. The van der Waals surface area contributed by atoms with Gasteiger partial charge in [-0.3, -0.25) is 14.7 Å². The first-order valence-corrected chi connectivity index (χ1v) is 8.44. The van der Waals surface area contributed by atoms with E-state index in [0.29, 0.717) is 12.0 Å². The number of fused-ring (bicyclic) bond motifs is 1. The van der Waals surface area contributed by atoms with E-state index in [1.165, 1.54) is 6.42 Å². The van der Waals surface area contributed by atoms with E-state index in [0.717, 1.165) is 29.7 Å². The first-order valence-electron chi connectivity index (χ1n) is 8.44. The van der Waals surface area contributed by atoms with Crippen LogP contribution in [0.4, 0.5) is 5.95 Å². The standard InChI is InChI=1S/C18H26N4O/c1-11-9-10-14-15(19-11)22(13-7-6-8-13)17(20-14)21-16(23)12(2)18(3,4)5/h9-10,12-13H,6-8H2,1-5H3,(H,20,21,23)/t12-/m1/s1. The van der Waals surface area contributed by atoms with Gasteiger partial charge < -0.3 is 0 Å². The van der Waals surface area contributed by atoms with Gasteiger partial charge in [-0.05, 0) is 43.7 Å². The predicted octanol–water partition coefficient (Wildman–Crippen LogP) is 4.09. The van der Waals surface area contributed by atoms with Crippen molar-refractivity contribution < 1.29 is 4.79 Å². The molecule has 0 aliphatic heterocycles. The van der Waals surface area contributed by atoms with Gasteiger partial charge >= 0.3 is 0 Å². The van der Waals surface area contributed by atoms with Crippen LogP contribution in [0.1, 0.15) is 58.7 Å². The van der Waals surface area contributed by atoms with Crippen LogP contribution in [-0.2, 0) is 4.79 Å². The molecular weight excluding hydrogens is 288 g/mol. The molecular formula is C18H26N4O. The molecule has 0 unspecified atom stereocenters. The summed E-state index contributed by atoms with van der Waals surface area (Å²) >= 11 is 0. The molecule has 0 aromatic carbocycles. The Morgan fingerprint density at radius 2 is 2.00 bits per heavy atom. The van der Waals surface area contributed by atoms with Crippen LogP contribution in [0.2, 0.25) is 0 Å². The van der Waals surface area contributed by atoms with Crippen molar-refractivity contribution in [2.75, 3.05) is 5.32 Å². The number of imidazole rings is 1. The maximum atomic E-state index is 12.6. The van der Waals surface area contributed by atoms with Crippen molar-refractivity contribution in [3.63, 3.8) is 0 Å². The Bertz CT molecular complexity index is 737. The van der Waals surface area contributed by atoms with Crippen molar-refractivity contribution in [3.8, 4) is 0 Å². The highest BCUT2D eigenvalue weighted by Gasteiger charge is 2.30. The van der Waals surface area contributed by atoms with E-state index >= 15 is 0 Å². The van der Waals surface area contributed by atoms with Crippen LogP contribution >= 0.6 is 0 Å². The van der Waals surface area contributed by atoms with E-state index in [1.54, 1.807) is 0 Å². The van der Waals surface area contributed by atoms with E-state index in [2.05, 4.69) is 40.6 Å². The number of amides is 1. The summed E-state index contributed by atoms with van der Waals surface area (Å²) in [6.07, 6.45) is 3.47. The molecule has 1 aliphatic carbocycles. The third-order valence-corrected chi connectivity index (χ3v) is 5.04. The maximum absolute atomic E-state index is 12.6. The highest BCUT2D eigenvalue weighted by molar-refractivity contribution is 5.93. The highest BCUT2D eigenvalue weighted by Crippen LogP contribution is 2.37. The minimum Gasteiger partial charge on any atom is -0.296 e. The zero-order valence-electron chi connectivity index (χ0n) is 14.7. The number of anilines is 1. The van der Waals surface area contributed by atoms with Crippen molar-refractivity contribution in [3.05, 3.63) is 17.8 Å². The second kappa shape index (κ2) is 5.62. The molecule has 1 fully saturated rings. The fourth-order valence-electron chi connectivity index (χ4n) is 2.76. The lowest BCUT2D eigenvalue weighted by atomic mass is 9.81. The molecule has 2 aromatic rings. The molecule has 1 N–H and O–H groups in total. The van der Waals surface area contributed by atoms with Gasteiger partial charge in [0.25, 0.3) is 0 Å². The SMILES string of the molecule is Cc1ccc2nc(NC(=O)[C@@H](C)C(C)(C)C)n(C3CCC3)c2n1. The number of hydrogen-bond acceptors (Lipinski definition) is 3. The van der Waals surface area contributed by atoms with Gasteiger partial charge in [0.2, 0.25) is 11.9 Å². The van der Waals surface area contributed by atoms with Gasteiger partial charge in [-0.15, -0.1) is 0 Å². The van der Waals surface area contributed by atoms with E-state index in [9.17, 15) is 4.79 Å². The minimum absolute atomic E-state index is 0.0186. The third-order valence-electron chi connectivity index (χ3n) is 5.04. The minimum atomic E-state index is -0.0909. The van der Waals surface area contributed by atoms with E-state index < -0.39 is 0 Å². The van der Waals surface area contributed by atoms with Crippen LogP contribution in [0.15, 0.2) is 12.1 Å². The van der Waals surface area contributed by atoms with E-state index in [1.807, 2.05) is 26.0 Å². The van der Waals surface area contributed by atoms with Gasteiger partial charge in [-0.2, -0.15) is 0 Å². The van der Waals surface area contributed by atoms with Crippen LogP contribution in [0.3, 0.4) is 0 Å². The van der Waals surface area contributed by atoms with Crippen molar-refractivity contribution in [1.82, 2.24) is 14.5 Å². The van der Waals surface area contributed by atoms with Crippen LogP contribution in [0.5, 0.6) is 0 Å². The van der Waals surface area contributed by atoms with Crippen LogP contribution < -0.4 is 5.32 Å². The smallest absolute Gasteiger partial charge is 0.230 e. The molecule has 1 amide bonds. The van der Waals surface area contributed by atoms with Crippen molar-refractivity contribution >= 4 is 23.0 Å². The topological polar surface area (TPSA) is 59.8 Å². The van der Waals surface area contributed by atoms with Gasteiger partial charge in [-0.1, -0.05) is 27.7 Å². The number of carbonyl (C=O) groups excluding carboxylic acids is 1. The van der Waals surface area contributed by atoms with Gasteiger partial charge in [0, 0.05) is 17.7 Å². The molecule has 0 radical (unpaired) electrons.